The zero-order valence-electron chi connectivity index (χ0n) is 10.1. The van der Waals surface area contributed by atoms with Crippen LogP contribution in [0.2, 0.25) is 0 Å². The van der Waals surface area contributed by atoms with Gasteiger partial charge >= 0.3 is 0 Å². The predicted molar refractivity (Wildman–Crippen MR) is 65.1 cm³/mol. The summed E-state index contributed by atoms with van der Waals surface area (Å²) in [7, 11) is 0. The summed E-state index contributed by atoms with van der Waals surface area (Å²) in [5.74, 6) is -0.0481. The number of nitro groups is 1. The molecule has 0 aliphatic carbocycles. The molecule has 0 spiro atoms. The number of carbonyl (C=O) groups excluding carboxylic acids is 1. The van der Waals surface area contributed by atoms with Gasteiger partial charge in [0, 0.05) is 11.6 Å². The van der Waals surface area contributed by atoms with Gasteiger partial charge in [-0.2, -0.15) is 0 Å². The van der Waals surface area contributed by atoms with E-state index in [1.54, 1.807) is 12.1 Å². The highest BCUT2D eigenvalue weighted by molar-refractivity contribution is 5.77. The van der Waals surface area contributed by atoms with Gasteiger partial charge in [0.15, 0.2) is 0 Å². The highest BCUT2D eigenvalue weighted by Crippen LogP contribution is 2.27. The maximum atomic E-state index is 13.3. The quantitative estimate of drug-likeness (QED) is 0.627. The number of carbonyl (C=O) groups is 1. The largest absolute Gasteiger partial charge is 0.461 e. The Hall–Kier alpha value is -2.50. The molecular formula is C13H10FNO4. The van der Waals surface area contributed by atoms with Crippen LogP contribution in [0.3, 0.4) is 0 Å². The molecule has 0 saturated heterocycles. The lowest BCUT2D eigenvalue weighted by Crippen LogP contribution is -1.93. The number of hydrogen-bond donors (Lipinski definition) is 0. The van der Waals surface area contributed by atoms with Gasteiger partial charge in [-0.15, -0.1) is 0 Å². The standard InChI is InChI=1S/C13H10FNO4/c1-8(16)4-12-2-3-13(19-12)9-5-10(14)7-11(6-9)15(17)18/h2-3,5-7H,4H2,1H3. The minimum Gasteiger partial charge on any atom is -0.461 e. The zero-order valence-corrected chi connectivity index (χ0v) is 10.1. The van der Waals surface area contributed by atoms with Crippen LogP contribution in [0, 0.1) is 15.9 Å². The number of hydrogen-bond acceptors (Lipinski definition) is 4. The van der Waals surface area contributed by atoms with E-state index in [9.17, 15) is 19.3 Å². The zero-order chi connectivity index (χ0) is 14.0. The molecule has 1 aromatic carbocycles. The SMILES string of the molecule is CC(=O)Cc1ccc(-c2cc(F)cc([N+](=O)[O-])c2)o1. The van der Waals surface area contributed by atoms with Crippen LogP contribution in [0.1, 0.15) is 12.7 Å². The molecule has 2 aromatic rings. The van der Waals surface area contributed by atoms with Crippen molar-refractivity contribution in [2.75, 3.05) is 0 Å². The van der Waals surface area contributed by atoms with Gasteiger partial charge in [0.2, 0.25) is 0 Å². The van der Waals surface area contributed by atoms with Crippen LogP contribution in [0.5, 0.6) is 0 Å². The van der Waals surface area contributed by atoms with E-state index in [-0.39, 0.29) is 23.5 Å². The lowest BCUT2D eigenvalue weighted by Gasteiger charge is -1.99. The summed E-state index contributed by atoms with van der Waals surface area (Å²) in [6.45, 7) is 1.43. The van der Waals surface area contributed by atoms with E-state index in [0.717, 1.165) is 12.1 Å². The molecule has 1 aromatic heterocycles. The first kappa shape index (κ1) is 12.9. The van der Waals surface area contributed by atoms with E-state index in [1.165, 1.54) is 13.0 Å². The third-order valence-corrected chi connectivity index (χ3v) is 2.46. The van der Waals surface area contributed by atoms with Crippen LogP contribution >= 0.6 is 0 Å². The molecule has 0 radical (unpaired) electrons. The van der Waals surface area contributed by atoms with Crippen molar-refractivity contribution >= 4 is 11.5 Å². The number of ketones is 1. The third-order valence-electron chi connectivity index (χ3n) is 2.46. The van der Waals surface area contributed by atoms with Crippen LogP contribution in [-0.2, 0) is 11.2 Å². The molecule has 0 unspecified atom stereocenters. The number of benzene rings is 1. The van der Waals surface area contributed by atoms with E-state index in [4.69, 9.17) is 4.42 Å². The Morgan fingerprint density at radius 1 is 1.37 bits per heavy atom. The summed E-state index contributed by atoms with van der Waals surface area (Å²) in [5.41, 5.74) is -0.0824. The van der Waals surface area contributed by atoms with Gasteiger partial charge in [0.1, 0.15) is 23.1 Å². The van der Waals surface area contributed by atoms with E-state index in [2.05, 4.69) is 0 Å². The van der Waals surface area contributed by atoms with Gasteiger partial charge in [-0.3, -0.25) is 14.9 Å². The van der Waals surface area contributed by atoms with E-state index in [0.29, 0.717) is 11.5 Å². The topological polar surface area (TPSA) is 73.3 Å². The summed E-state index contributed by atoms with van der Waals surface area (Å²) in [6.07, 6.45) is 0.136. The Balaban J connectivity index is 2.38. The first-order valence-electron chi connectivity index (χ1n) is 5.49. The fourth-order valence-electron chi connectivity index (χ4n) is 1.70. The monoisotopic (exact) mass is 263 g/mol. The average Bonchev–Trinajstić information content (AvgIpc) is 2.75. The molecule has 0 saturated carbocycles. The summed E-state index contributed by atoms with van der Waals surface area (Å²) in [5, 5.41) is 10.7. The molecule has 0 amide bonds. The number of non-ortho nitro benzene ring substituents is 1. The molecule has 0 bridgehead atoms. The second-order valence-corrected chi connectivity index (χ2v) is 4.10. The van der Waals surface area contributed by atoms with Crippen molar-refractivity contribution < 1.29 is 18.5 Å². The molecule has 0 aliphatic rings. The molecular weight excluding hydrogens is 253 g/mol. The maximum Gasteiger partial charge on any atom is 0.273 e. The number of Topliss-reactive ketones (excluding diaryl/α,β-unsaturated/α-hetero) is 1. The van der Waals surface area contributed by atoms with Gasteiger partial charge in [-0.05, 0) is 25.1 Å². The lowest BCUT2D eigenvalue weighted by atomic mass is 10.1. The second-order valence-electron chi connectivity index (χ2n) is 4.10. The third kappa shape index (κ3) is 3.04. The highest BCUT2D eigenvalue weighted by atomic mass is 19.1. The number of furan rings is 1. The van der Waals surface area contributed by atoms with Gasteiger partial charge in [-0.25, -0.2) is 4.39 Å². The number of halogens is 1. The van der Waals surface area contributed by atoms with Gasteiger partial charge in [0.05, 0.1) is 17.4 Å². The first-order valence-corrected chi connectivity index (χ1v) is 5.49. The summed E-state index contributed by atoms with van der Waals surface area (Å²) >= 11 is 0. The molecule has 0 atom stereocenters. The normalized spacial score (nSPS) is 10.4. The Morgan fingerprint density at radius 2 is 2.11 bits per heavy atom. The van der Waals surface area contributed by atoms with Crippen LogP contribution in [-0.4, -0.2) is 10.7 Å². The van der Waals surface area contributed by atoms with Crippen molar-refractivity contribution in [1.29, 1.82) is 0 Å². The smallest absolute Gasteiger partial charge is 0.273 e. The molecule has 6 heteroatoms. The van der Waals surface area contributed by atoms with Crippen molar-refractivity contribution in [2.24, 2.45) is 0 Å². The molecule has 0 fully saturated rings. The molecule has 98 valence electrons. The second kappa shape index (κ2) is 5.01. The number of rotatable bonds is 4. The summed E-state index contributed by atoms with van der Waals surface area (Å²) in [4.78, 5) is 20.9. The van der Waals surface area contributed by atoms with E-state index in [1.807, 2.05) is 0 Å². The van der Waals surface area contributed by atoms with Crippen molar-refractivity contribution in [3.8, 4) is 11.3 Å². The van der Waals surface area contributed by atoms with Crippen molar-refractivity contribution in [2.45, 2.75) is 13.3 Å². The Bertz CT molecular complexity index is 648. The van der Waals surface area contributed by atoms with E-state index < -0.39 is 10.7 Å². The predicted octanol–water partition coefficient (Wildman–Crippen LogP) is 3.13. The molecule has 0 N–H and O–H groups in total. The Morgan fingerprint density at radius 3 is 2.74 bits per heavy atom. The molecule has 2 rings (SSSR count). The van der Waals surface area contributed by atoms with Crippen molar-refractivity contribution in [1.82, 2.24) is 0 Å². The Labute approximate surface area is 107 Å². The van der Waals surface area contributed by atoms with Gasteiger partial charge < -0.3 is 4.42 Å². The van der Waals surface area contributed by atoms with Crippen molar-refractivity contribution in [3.63, 3.8) is 0 Å². The number of nitro benzene ring substituents is 1. The van der Waals surface area contributed by atoms with Crippen molar-refractivity contribution in [3.05, 3.63) is 52.0 Å². The minimum atomic E-state index is -0.714. The first-order chi connectivity index (χ1) is 8.95. The van der Waals surface area contributed by atoms with Crippen LogP contribution in [0.4, 0.5) is 10.1 Å². The minimum absolute atomic E-state index is 0.0638. The molecule has 5 nitrogen and oxygen atoms in total. The van der Waals surface area contributed by atoms with E-state index >= 15 is 0 Å². The van der Waals surface area contributed by atoms with Crippen LogP contribution in [0.15, 0.2) is 34.7 Å². The Kier molecular flexibility index (Phi) is 3.41. The van der Waals surface area contributed by atoms with Gasteiger partial charge in [0.25, 0.3) is 5.69 Å². The number of nitrogens with zero attached hydrogens (tertiary/aromatic N) is 1. The summed E-state index contributed by atoms with van der Waals surface area (Å²) < 4.78 is 18.7. The van der Waals surface area contributed by atoms with Crippen LogP contribution < -0.4 is 0 Å². The summed E-state index contributed by atoms with van der Waals surface area (Å²) in [6, 6.07) is 6.34. The fourth-order valence-corrected chi connectivity index (χ4v) is 1.70. The van der Waals surface area contributed by atoms with Crippen LogP contribution in [0.25, 0.3) is 11.3 Å². The fraction of sp³-hybridized carbons (Fsp3) is 0.154. The van der Waals surface area contributed by atoms with Gasteiger partial charge in [-0.1, -0.05) is 0 Å². The average molecular weight is 263 g/mol. The molecule has 1 heterocycles. The maximum absolute atomic E-state index is 13.3. The molecule has 0 aliphatic heterocycles. The highest BCUT2D eigenvalue weighted by Gasteiger charge is 2.13. The lowest BCUT2D eigenvalue weighted by molar-refractivity contribution is -0.385. The molecule has 19 heavy (non-hydrogen) atoms.